The van der Waals surface area contributed by atoms with Crippen LogP contribution in [0.4, 0.5) is 0 Å². The lowest BCUT2D eigenvalue weighted by Crippen LogP contribution is -2.42. The van der Waals surface area contributed by atoms with E-state index in [0.29, 0.717) is 23.0 Å². The van der Waals surface area contributed by atoms with Gasteiger partial charge in [-0.3, -0.25) is 14.5 Å². The second kappa shape index (κ2) is 8.70. The van der Waals surface area contributed by atoms with Gasteiger partial charge in [0.25, 0.3) is 11.6 Å². The fourth-order valence-electron chi connectivity index (χ4n) is 4.41. The van der Waals surface area contributed by atoms with Crippen molar-refractivity contribution in [1.29, 1.82) is 0 Å². The average Bonchev–Trinajstić information content (AvgIpc) is 3.49. The molecule has 5 rings (SSSR count). The number of rotatable bonds is 5. The zero-order chi connectivity index (χ0) is 24.0. The van der Waals surface area contributed by atoms with Gasteiger partial charge in [-0.1, -0.05) is 17.7 Å². The van der Waals surface area contributed by atoms with Crippen LogP contribution in [-0.4, -0.2) is 45.8 Å². The number of aromatic nitrogens is 3. The van der Waals surface area contributed by atoms with Crippen LogP contribution in [0.15, 0.2) is 48.8 Å². The van der Waals surface area contributed by atoms with Crippen molar-refractivity contribution in [2.75, 3.05) is 13.2 Å². The molecule has 2 aliphatic rings. The largest absolute Gasteiger partial charge is 0.858 e. The summed E-state index contributed by atoms with van der Waals surface area (Å²) < 4.78 is 8.47. The Bertz CT molecular complexity index is 1320. The summed E-state index contributed by atoms with van der Waals surface area (Å²) in [6.45, 7) is 4.34. The lowest BCUT2D eigenvalue weighted by Gasteiger charge is -2.18. The minimum absolute atomic E-state index is 0.0487. The van der Waals surface area contributed by atoms with Gasteiger partial charge >= 0.3 is 5.91 Å². The molecule has 4 heterocycles. The number of hydrogen-bond acceptors (Lipinski definition) is 5. The summed E-state index contributed by atoms with van der Waals surface area (Å²) in [5.41, 5.74) is 2.12. The number of hydrogen-bond donors (Lipinski definition) is 0. The van der Waals surface area contributed by atoms with E-state index in [2.05, 4.69) is 5.10 Å². The van der Waals surface area contributed by atoms with Crippen LogP contribution in [0, 0.1) is 13.8 Å². The topological polar surface area (TPSA) is 91.4 Å². The molecule has 0 saturated carbocycles. The highest BCUT2D eigenvalue weighted by Crippen LogP contribution is 2.37. The van der Waals surface area contributed by atoms with E-state index < -0.39 is 17.7 Å². The van der Waals surface area contributed by atoms with Crippen LogP contribution in [0.2, 0.25) is 5.02 Å². The number of benzene rings is 1. The van der Waals surface area contributed by atoms with Gasteiger partial charge in [0.1, 0.15) is 5.57 Å². The zero-order valence-corrected chi connectivity index (χ0v) is 19.6. The van der Waals surface area contributed by atoms with E-state index in [-0.39, 0.29) is 29.5 Å². The number of carbonyl (C=O) groups excluding carboxylic acids is 2. The molecule has 8 nitrogen and oxygen atoms in total. The van der Waals surface area contributed by atoms with E-state index in [0.717, 1.165) is 18.4 Å². The molecule has 1 fully saturated rings. The predicted octanol–water partition coefficient (Wildman–Crippen LogP) is 2.42. The van der Waals surface area contributed by atoms with E-state index in [1.54, 1.807) is 48.1 Å². The predicted molar refractivity (Wildman–Crippen MR) is 123 cm³/mol. The maximum absolute atomic E-state index is 13.6. The van der Waals surface area contributed by atoms with Gasteiger partial charge in [0.05, 0.1) is 24.0 Å². The molecule has 0 aliphatic carbocycles. The molecule has 1 atom stereocenters. The third-order valence-corrected chi connectivity index (χ3v) is 6.36. The minimum atomic E-state index is -0.519. The normalized spacial score (nSPS) is 18.4. The summed E-state index contributed by atoms with van der Waals surface area (Å²) in [6.07, 6.45) is 4.88. The molecule has 3 aromatic rings. The first-order valence-electron chi connectivity index (χ1n) is 11.1. The van der Waals surface area contributed by atoms with Crippen LogP contribution >= 0.6 is 11.6 Å². The van der Waals surface area contributed by atoms with Gasteiger partial charge in [0, 0.05) is 29.3 Å². The first-order chi connectivity index (χ1) is 16.3. The van der Waals surface area contributed by atoms with Crippen molar-refractivity contribution < 1.29 is 24.0 Å². The standard InChI is InChI=1S/C25H23ClN4O4/c1-15-8-10-28(11-9-15)22-21(23(31)29(25(22)33)14-19-7-4-12-34-19)20-16(2)27-30(24(20)32)18-6-3-5-17(26)13-18/h3,5-6,8-11,13,19H,4,7,12,14H2,1-2H3. The molecule has 1 unspecified atom stereocenters. The first-order valence-corrected chi connectivity index (χ1v) is 11.5. The molecule has 2 aromatic heterocycles. The van der Waals surface area contributed by atoms with Crippen molar-refractivity contribution in [2.24, 2.45) is 0 Å². The Labute approximate surface area is 201 Å². The maximum Gasteiger partial charge on any atom is 0.327 e. The number of nitrogens with zero attached hydrogens (tertiary/aromatic N) is 4. The minimum Gasteiger partial charge on any atom is -0.858 e. The Hall–Kier alpha value is -3.49. The number of pyridine rings is 1. The van der Waals surface area contributed by atoms with Crippen molar-refractivity contribution in [3.63, 3.8) is 0 Å². The highest BCUT2D eigenvalue weighted by atomic mass is 35.5. The third kappa shape index (κ3) is 3.78. The van der Waals surface area contributed by atoms with Gasteiger partial charge in [-0.15, -0.1) is 0 Å². The van der Waals surface area contributed by atoms with Gasteiger partial charge in [0.15, 0.2) is 12.4 Å². The molecule has 1 aromatic carbocycles. The molecule has 1 saturated heterocycles. The van der Waals surface area contributed by atoms with E-state index in [1.807, 2.05) is 19.1 Å². The van der Waals surface area contributed by atoms with Crippen LogP contribution in [0.5, 0.6) is 5.88 Å². The SMILES string of the molecule is Cc1cc[n+](C2=C(c3c(C)nn(-c4cccc(Cl)c4)c3[O-])C(=O)N(CC3CCCO3)C2=O)cc1. The van der Waals surface area contributed by atoms with Gasteiger partial charge in [-0.2, -0.15) is 9.67 Å². The highest BCUT2D eigenvalue weighted by molar-refractivity contribution is 6.45. The molecular formula is C25H23ClN4O4. The van der Waals surface area contributed by atoms with E-state index in [1.165, 1.54) is 9.58 Å². The highest BCUT2D eigenvalue weighted by Gasteiger charge is 2.47. The molecule has 0 spiro atoms. The summed E-state index contributed by atoms with van der Waals surface area (Å²) in [5.74, 6) is -1.46. The third-order valence-electron chi connectivity index (χ3n) is 6.13. The fourth-order valence-corrected chi connectivity index (χ4v) is 4.60. The van der Waals surface area contributed by atoms with Crippen molar-refractivity contribution in [3.8, 4) is 11.6 Å². The van der Waals surface area contributed by atoms with Gasteiger partial charge < -0.3 is 9.84 Å². The smallest absolute Gasteiger partial charge is 0.327 e. The molecule has 9 heteroatoms. The summed E-state index contributed by atoms with van der Waals surface area (Å²) in [4.78, 5) is 28.4. The van der Waals surface area contributed by atoms with Crippen molar-refractivity contribution in [2.45, 2.75) is 32.8 Å². The average molecular weight is 479 g/mol. The summed E-state index contributed by atoms with van der Waals surface area (Å²) >= 11 is 6.11. The summed E-state index contributed by atoms with van der Waals surface area (Å²) in [5, 5.41) is 18.4. The van der Waals surface area contributed by atoms with Crippen molar-refractivity contribution in [1.82, 2.24) is 14.7 Å². The number of carbonyl (C=O) groups is 2. The van der Waals surface area contributed by atoms with Crippen molar-refractivity contribution in [3.05, 3.63) is 70.6 Å². The van der Waals surface area contributed by atoms with Gasteiger partial charge in [-0.05, 0) is 56.3 Å². The van der Waals surface area contributed by atoms with Crippen LogP contribution < -0.4 is 9.67 Å². The lowest BCUT2D eigenvalue weighted by atomic mass is 10.0. The molecule has 174 valence electrons. The Morgan fingerprint density at radius 2 is 1.94 bits per heavy atom. The number of aryl methyl sites for hydroxylation is 2. The molecule has 0 bridgehead atoms. The van der Waals surface area contributed by atoms with Gasteiger partial charge in [0.2, 0.25) is 0 Å². The number of imide groups is 1. The molecular weight excluding hydrogens is 456 g/mol. The van der Waals surface area contributed by atoms with Crippen LogP contribution in [0.1, 0.15) is 29.7 Å². The number of ether oxygens (including phenoxy) is 1. The summed E-state index contributed by atoms with van der Waals surface area (Å²) in [6, 6.07) is 10.4. The van der Waals surface area contributed by atoms with Crippen LogP contribution in [0.25, 0.3) is 17.0 Å². The van der Waals surface area contributed by atoms with E-state index >= 15 is 0 Å². The van der Waals surface area contributed by atoms with E-state index in [4.69, 9.17) is 16.3 Å². The summed E-state index contributed by atoms with van der Waals surface area (Å²) in [7, 11) is 0. The Morgan fingerprint density at radius 3 is 2.62 bits per heavy atom. The molecule has 2 amide bonds. The second-order valence-corrected chi connectivity index (χ2v) is 8.96. The number of amides is 2. The Balaban J connectivity index is 1.66. The van der Waals surface area contributed by atoms with Crippen molar-refractivity contribution >= 4 is 34.7 Å². The zero-order valence-electron chi connectivity index (χ0n) is 18.8. The monoisotopic (exact) mass is 478 g/mol. The Kier molecular flexibility index (Phi) is 5.71. The molecule has 2 aliphatic heterocycles. The second-order valence-electron chi connectivity index (χ2n) is 8.52. The van der Waals surface area contributed by atoms with E-state index in [9.17, 15) is 14.7 Å². The molecule has 0 radical (unpaired) electrons. The number of halogens is 1. The molecule has 34 heavy (non-hydrogen) atoms. The fraction of sp³-hybridized carbons (Fsp3) is 0.280. The Morgan fingerprint density at radius 1 is 1.18 bits per heavy atom. The lowest BCUT2D eigenvalue weighted by molar-refractivity contribution is -0.577. The first kappa shape index (κ1) is 22.3. The van der Waals surface area contributed by atoms with Crippen LogP contribution in [-0.2, 0) is 14.3 Å². The molecule has 0 N–H and O–H groups in total. The maximum atomic E-state index is 13.6. The van der Waals surface area contributed by atoms with Crippen LogP contribution in [0.3, 0.4) is 0 Å². The van der Waals surface area contributed by atoms with Gasteiger partial charge in [-0.25, -0.2) is 4.68 Å². The quantitative estimate of drug-likeness (QED) is 0.415.